The molecule has 0 spiro atoms. The van der Waals surface area contributed by atoms with E-state index in [0.29, 0.717) is 10.9 Å². The number of rotatable bonds is 5. The first-order valence-corrected chi connectivity index (χ1v) is 10.5. The number of hydrogen-bond acceptors (Lipinski definition) is 5. The van der Waals surface area contributed by atoms with E-state index in [1.807, 2.05) is 25.1 Å². The molecule has 0 bridgehead atoms. The summed E-state index contributed by atoms with van der Waals surface area (Å²) < 4.78 is 20.8. The van der Waals surface area contributed by atoms with Gasteiger partial charge in [-0.15, -0.1) is 0 Å². The fraction of sp³-hybridized carbons (Fsp3) is 0.0769. The summed E-state index contributed by atoms with van der Waals surface area (Å²) >= 11 is 0. The molecule has 1 N–H and O–H groups in total. The van der Waals surface area contributed by atoms with Crippen molar-refractivity contribution in [2.45, 2.75) is 13.5 Å². The predicted molar refractivity (Wildman–Crippen MR) is 126 cm³/mol. The molecule has 0 radical (unpaired) electrons. The Kier molecular flexibility index (Phi) is 5.47. The van der Waals surface area contributed by atoms with Gasteiger partial charge in [0.05, 0.1) is 12.2 Å². The summed E-state index contributed by atoms with van der Waals surface area (Å²) in [6, 6.07) is 16.5. The van der Waals surface area contributed by atoms with Gasteiger partial charge in [0, 0.05) is 29.0 Å². The molecule has 1 amide bonds. The maximum Gasteiger partial charge on any atom is 0.274 e. The van der Waals surface area contributed by atoms with Gasteiger partial charge in [-0.2, -0.15) is 0 Å². The highest BCUT2D eigenvalue weighted by Gasteiger charge is 2.12. The van der Waals surface area contributed by atoms with Crippen LogP contribution in [0.3, 0.4) is 0 Å². The number of amides is 1. The van der Waals surface area contributed by atoms with Crippen LogP contribution in [0.25, 0.3) is 21.9 Å². The first kappa shape index (κ1) is 21.3. The lowest BCUT2D eigenvalue weighted by Crippen LogP contribution is -2.20. The van der Waals surface area contributed by atoms with Crippen molar-refractivity contribution in [3.05, 3.63) is 112 Å². The summed E-state index contributed by atoms with van der Waals surface area (Å²) in [4.78, 5) is 29.5. The molecule has 168 valence electrons. The van der Waals surface area contributed by atoms with Crippen molar-refractivity contribution in [2.24, 2.45) is 0 Å². The fourth-order valence-corrected chi connectivity index (χ4v) is 3.85. The Bertz CT molecular complexity index is 1570. The first-order valence-electron chi connectivity index (χ1n) is 10.5. The quantitative estimate of drug-likeness (QED) is 0.412. The lowest BCUT2D eigenvalue weighted by atomic mass is 10.0. The SMILES string of the molecule is Cc1nocc1-c1ccc2c(=O)n(Cc3cc(F)cc(NC(=O)c4ccccn4)c3)ccc2c1. The Morgan fingerprint density at radius 1 is 1.12 bits per heavy atom. The van der Waals surface area contributed by atoms with Gasteiger partial charge >= 0.3 is 0 Å². The predicted octanol–water partition coefficient (Wildman–Crippen LogP) is 4.80. The number of aryl methyl sites for hydroxylation is 1. The molecule has 0 aliphatic heterocycles. The van der Waals surface area contributed by atoms with E-state index in [4.69, 9.17) is 4.52 Å². The van der Waals surface area contributed by atoms with Crippen molar-refractivity contribution >= 4 is 22.4 Å². The third-order valence-electron chi connectivity index (χ3n) is 5.50. The van der Waals surface area contributed by atoms with Gasteiger partial charge in [-0.3, -0.25) is 14.6 Å². The van der Waals surface area contributed by atoms with Gasteiger partial charge in [-0.1, -0.05) is 17.3 Å². The number of pyridine rings is 2. The van der Waals surface area contributed by atoms with Gasteiger partial charge in [0.15, 0.2) is 0 Å². The van der Waals surface area contributed by atoms with Crippen molar-refractivity contribution in [1.29, 1.82) is 0 Å². The van der Waals surface area contributed by atoms with E-state index in [0.717, 1.165) is 22.2 Å². The molecular formula is C26H19FN4O3. The van der Waals surface area contributed by atoms with Crippen LogP contribution >= 0.6 is 0 Å². The molecule has 7 nitrogen and oxygen atoms in total. The second kappa shape index (κ2) is 8.74. The van der Waals surface area contributed by atoms with Crippen LogP contribution in [0.15, 0.2) is 88.6 Å². The van der Waals surface area contributed by atoms with Gasteiger partial charge in [0.2, 0.25) is 0 Å². The van der Waals surface area contributed by atoms with Crippen molar-refractivity contribution in [2.75, 3.05) is 5.32 Å². The molecule has 2 aromatic carbocycles. The van der Waals surface area contributed by atoms with E-state index in [1.54, 1.807) is 42.8 Å². The van der Waals surface area contributed by atoms with Crippen LogP contribution in [0.1, 0.15) is 21.7 Å². The standard InChI is InChI=1S/C26H19FN4O3/c1-16-23(15-34-30-16)18-5-6-22-19(12-18)7-9-31(26(22)33)14-17-10-20(27)13-21(11-17)29-25(32)24-4-2-3-8-28-24/h2-13,15H,14H2,1H3,(H,29,32). The first-order chi connectivity index (χ1) is 16.5. The number of halogens is 1. The lowest BCUT2D eigenvalue weighted by molar-refractivity contribution is 0.102. The molecule has 5 rings (SSSR count). The minimum Gasteiger partial charge on any atom is -0.364 e. The number of anilines is 1. The molecule has 34 heavy (non-hydrogen) atoms. The fourth-order valence-electron chi connectivity index (χ4n) is 3.85. The molecule has 0 saturated heterocycles. The Labute approximate surface area is 193 Å². The lowest BCUT2D eigenvalue weighted by Gasteiger charge is -2.11. The summed E-state index contributed by atoms with van der Waals surface area (Å²) in [5.74, 6) is -0.963. The molecule has 0 atom stereocenters. The summed E-state index contributed by atoms with van der Waals surface area (Å²) in [5, 5.41) is 7.87. The maximum atomic E-state index is 14.3. The van der Waals surface area contributed by atoms with Crippen molar-refractivity contribution in [3.63, 3.8) is 0 Å². The number of nitrogens with one attached hydrogen (secondary N) is 1. The number of hydrogen-bond donors (Lipinski definition) is 1. The zero-order valence-electron chi connectivity index (χ0n) is 18.2. The number of fused-ring (bicyclic) bond motifs is 1. The third kappa shape index (κ3) is 4.21. The van der Waals surface area contributed by atoms with Crippen LogP contribution in [0, 0.1) is 12.7 Å². The number of carbonyl (C=O) groups is 1. The monoisotopic (exact) mass is 454 g/mol. The molecule has 3 heterocycles. The molecule has 0 saturated carbocycles. The van der Waals surface area contributed by atoms with Crippen LogP contribution in [0.5, 0.6) is 0 Å². The average Bonchev–Trinajstić information content (AvgIpc) is 3.26. The molecule has 0 aliphatic carbocycles. The Balaban J connectivity index is 1.42. The van der Waals surface area contributed by atoms with Crippen molar-refractivity contribution < 1.29 is 13.7 Å². The minimum atomic E-state index is -0.517. The van der Waals surface area contributed by atoms with E-state index in [9.17, 15) is 14.0 Å². The highest BCUT2D eigenvalue weighted by molar-refractivity contribution is 6.02. The molecule has 8 heteroatoms. The molecule has 0 aliphatic rings. The highest BCUT2D eigenvalue weighted by Crippen LogP contribution is 2.25. The summed E-state index contributed by atoms with van der Waals surface area (Å²) in [7, 11) is 0. The highest BCUT2D eigenvalue weighted by atomic mass is 19.1. The molecule has 0 fully saturated rings. The van der Waals surface area contributed by atoms with Crippen molar-refractivity contribution in [1.82, 2.24) is 14.7 Å². The molecule has 3 aromatic heterocycles. The second-order valence-electron chi connectivity index (χ2n) is 7.88. The number of carbonyl (C=O) groups excluding carboxylic acids is 1. The van der Waals surface area contributed by atoms with E-state index in [1.165, 1.54) is 22.9 Å². The minimum absolute atomic E-state index is 0.144. The number of benzene rings is 2. The van der Waals surface area contributed by atoms with Gasteiger partial charge in [0.25, 0.3) is 11.5 Å². The van der Waals surface area contributed by atoms with Crippen LogP contribution in [0.2, 0.25) is 0 Å². The van der Waals surface area contributed by atoms with E-state index in [-0.39, 0.29) is 23.5 Å². The van der Waals surface area contributed by atoms with Crippen LogP contribution in [-0.2, 0) is 6.54 Å². The van der Waals surface area contributed by atoms with Crippen LogP contribution in [-0.4, -0.2) is 20.6 Å². The van der Waals surface area contributed by atoms with Gasteiger partial charge < -0.3 is 14.4 Å². The summed E-state index contributed by atoms with van der Waals surface area (Å²) in [6.07, 6.45) is 4.76. The van der Waals surface area contributed by atoms with Gasteiger partial charge in [0.1, 0.15) is 17.8 Å². The molecular weight excluding hydrogens is 435 g/mol. The Hall–Kier alpha value is -4.59. The third-order valence-corrected chi connectivity index (χ3v) is 5.50. The second-order valence-corrected chi connectivity index (χ2v) is 7.88. The van der Waals surface area contributed by atoms with Crippen molar-refractivity contribution in [3.8, 4) is 11.1 Å². The van der Waals surface area contributed by atoms with Gasteiger partial charge in [-0.25, -0.2) is 4.39 Å². The van der Waals surface area contributed by atoms with Crippen LogP contribution < -0.4 is 10.9 Å². The topological polar surface area (TPSA) is 90.0 Å². The van der Waals surface area contributed by atoms with E-state index < -0.39 is 11.7 Å². The van der Waals surface area contributed by atoms with Gasteiger partial charge in [-0.05, 0) is 72.0 Å². The maximum absolute atomic E-state index is 14.3. The number of aromatic nitrogens is 3. The van der Waals surface area contributed by atoms with E-state index >= 15 is 0 Å². The average molecular weight is 454 g/mol. The smallest absolute Gasteiger partial charge is 0.274 e. The molecule has 5 aromatic rings. The molecule has 0 unspecified atom stereocenters. The Morgan fingerprint density at radius 3 is 2.76 bits per heavy atom. The largest absolute Gasteiger partial charge is 0.364 e. The summed E-state index contributed by atoms with van der Waals surface area (Å²) in [5.41, 5.74) is 3.38. The zero-order chi connectivity index (χ0) is 23.7. The normalized spacial score (nSPS) is 11.0. The number of nitrogens with zero attached hydrogens (tertiary/aromatic N) is 3. The Morgan fingerprint density at radius 2 is 2.00 bits per heavy atom. The zero-order valence-corrected chi connectivity index (χ0v) is 18.2. The summed E-state index contributed by atoms with van der Waals surface area (Å²) in [6.45, 7) is 2.00. The van der Waals surface area contributed by atoms with Crippen LogP contribution in [0.4, 0.5) is 10.1 Å². The van der Waals surface area contributed by atoms with E-state index in [2.05, 4.69) is 15.5 Å².